The molecule has 0 unspecified atom stereocenters. The maximum Gasteiger partial charge on any atom is 0.261 e. The van der Waals surface area contributed by atoms with E-state index in [1.54, 1.807) is 11.3 Å². The second-order valence-corrected chi connectivity index (χ2v) is 7.65. The lowest BCUT2D eigenvalue weighted by molar-refractivity contribution is 0.0926. The Balaban J connectivity index is 0.00000161. The Hall–Kier alpha value is -0.580. The van der Waals surface area contributed by atoms with Crippen molar-refractivity contribution in [1.82, 2.24) is 10.6 Å². The van der Waals surface area contributed by atoms with E-state index in [9.17, 15) is 4.79 Å². The smallest absolute Gasteiger partial charge is 0.261 e. The maximum absolute atomic E-state index is 12.3. The van der Waals surface area contributed by atoms with E-state index in [4.69, 9.17) is 0 Å². The monoisotopic (exact) mass is 328 g/mol. The number of carbonyl (C=O) groups excluding carboxylic acids is 1. The summed E-state index contributed by atoms with van der Waals surface area (Å²) in [7, 11) is 0. The molecular formula is C16H25ClN2OS. The van der Waals surface area contributed by atoms with Crippen molar-refractivity contribution in [2.24, 2.45) is 5.41 Å². The highest BCUT2D eigenvalue weighted by molar-refractivity contribution is 7.14. The van der Waals surface area contributed by atoms with Gasteiger partial charge in [-0.2, -0.15) is 0 Å². The van der Waals surface area contributed by atoms with Crippen LogP contribution in [0.4, 0.5) is 0 Å². The molecule has 1 aromatic rings. The van der Waals surface area contributed by atoms with Crippen molar-refractivity contribution < 1.29 is 4.79 Å². The van der Waals surface area contributed by atoms with Gasteiger partial charge in [0, 0.05) is 11.4 Å². The van der Waals surface area contributed by atoms with Crippen molar-refractivity contribution in [2.75, 3.05) is 19.6 Å². The molecule has 3 nitrogen and oxygen atoms in total. The van der Waals surface area contributed by atoms with E-state index in [0.29, 0.717) is 0 Å². The number of thiophene rings is 1. The molecule has 1 fully saturated rings. The molecule has 0 atom stereocenters. The quantitative estimate of drug-likeness (QED) is 0.894. The predicted octanol–water partition coefficient (Wildman–Crippen LogP) is 3.17. The molecule has 1 saturated heterocycles. The Morgan fingerprint density at radius 2 is 2.05 bits per heavy atom. The summed E-state index contributed by atoms with van der Waals surface area (Å²) in [5.74, 6) is 0.129. The van der Waals surface area contributed by atoms with Gasteiger partial charge in [0.15, 0.2) is 0 Å². The average molecular weight is 329 g/mol. The van der Waals surface area contributed by atoms with E-state index >= 15 is 0 Å². The van der Waals surface area contributed by atoms with Crippen LogP contribution >= 0.6 is 23.7 Å². The van der Waals surface area contributed by atoms with Crippen LogP contribution in [0.5, 0.6) is 0 Å². The summed E-state index contributed by atoms with van der Waals surface area (Å²) in [5, 5.41) is 6.54. The summed E-state index contributed by atoms with van der Waals surface area (Å²) in [4.78, 5) is 14.7. The third-order valence-corrected chi connectivity index (χ3v) is 5.94. The van der Waals surface area contributed by atoms with Gasteiger partial charge < -0.3 is 10.6 Å². The number of amides is 1. The molecule has 2 heterocycles. The van der Waals surface area contributed by atoms with E-state index < -0.39 is 0 Å². The molecule has 2 N–H and O–H groups in total. The van der Waals surface area contributed by atoms with Gasteiger partial charge in [0.25, 0.3) is 5.91 Å². The number of hydrogen-bond donors (Lipinski definition) is 2. The molecule has 118 valence electrons. The Labute approximate surface area is 137 Å². The molecule has 0 aromatic carbocycles. The van der Waals surface area contributed by atoms with Gasteiger partial charge in [0.2, 0.25) is 0 Å². The number of fused-ring (bicyclic) bond motifs is 1. The molecule has 0 spiro atoms. The van der Waals surface area contributed by atoms with Crippen LogP contribution in [0.1, 0.15) is 52.7 Å². The van der Waals surface area contributed by atoms with Crippen LogP contribution in [-0.2, 0) is 12.8 Å². The molecule has 1 aromatic heterocycles. The fourth-order valence-electron chi connectivity index (χ4n) is 3.19. The number of nitrogens with one attached hydrogen (secondary N) is 2. The first kappa shape index (κ1) is 16.8. The van der Waals surface area contributed by atoms with Gasteiger partial charge >= 0.3 is 0 Å². The molecule has 5 heteroatoms. The summed E-state index contributed by atoms with van der Waals surface area (Å²) in [6.07, 6.45) is 7.16. The van der Waals surface area contributed by atoms with Gasteiger partial charge in [0.1, 0.15) is 0 Å². The molecule has 0 saturated carbocycles. The SMILES string of the molecule is CC1(CNC(=O)c2cc3c(s2)CCCC3)CCNCC1.Cl. The van der Waals surface area contributed by atoms with E-state index in [0.717, 1.165) is 50.2 Å². The second-order valence-electron chi connectivity index (χ2n) is 6.51. The summed E-state index contributed by atoms with van der Waals surface area (Å²) < 4.78 is 0. The van der Waals surface area contributed by atoms with Crippen molar-refractivity contribution in [2.45, 2.75) is 45.4 Å². The van der Waals surface area contributed by atoms with Crippen LogP contribution in [0.15, 0.2) is 6.07 Å². The zero-order valence-electron chi connectivity index (χ0n) is 12.7. The van der Waals surface area contributed by atoms with Crippen molar-refractivity contribution in [3.8, 4) is 0 Å². The third kappa shape index (κ3) is 3.99. The standard InChI is InChI=1S/C16H24N2OS.ClH/c1-16(6-8-17-9-7-16)11-18-15(19)14-10-12-4-2-3-5-13(12)20-14;/h10,17H,2-9,11H2,1H3,(H,18,19);1H. The number of hydrogen-bond acceptors (Lipinski definition) is 3. The largest absolute Gasteiger partial charge is 0.351 e. The third-order valence-electron chi connectivity index (χ3n) is 4.71. The predicted molar refractivity (Wildman–Crippen MR) is 90.8 cm³/mol. The van der Waals surface area contributed by atoms with Gasteiger partial charge in [-0.25, -0.2) is 0 Å². The fourth-order valence-corrected chi connectivity index (χ4v) is 4.36. The summed E-state index contributed by atoms with van der Waals surface area (Å²) in [5.41, 5.74) is 1.68. The number of carbonyl (C=O) groups is 1. The minimum Gasteiger partial charge on any atom is -0.351 e. The van der Waals surface area contributed by atoms with E-state index in [2.05, 4.69) is 23.6 Å². The summed E-state index contributed by atoms with van der Waals surface area (Å²) in [6.45, 7) is 5.23. The minimum absolute atomic E-state index is 0. The Bertz CT molecular complexity index is 471. The average Bonchev–Trinajstić information content (AvgIpc) is 2.89. The molecule has 1 amide bonds. The maximum atomic E-state index is 12.3. The normalized spacial score (nSPS) is 20.2. The first-order valence-corrected chi connectivity index (χ1v) is 8.58. The molecule has 2 aliphatic rings. The molecule has 0 bridgehead atoms. The van der Waals surface area contributed by atoms with Crippen molar-refractivity contribution >= 4 is 29.7 Å². The second kappa shape index (κ2) is 7.12. The van der Waals surface area contributed by atoms with Crippen molar-refractivity contribution in [3.05, 3.63) is 21.4 Å². The first-order valence-electron chi connectivity index (χ1n) is 7.77. The fraction of sp³-hybridized carbons (Fsp3) is 0.688. The highest BCUT2D eigenvalue weighted by Gasteiger charge is 2.27. The molecule has 1 aliphatic carbocycles. The van der Waals surface area contributed by atoms with E-state index in [1.165, 1.54) is 23.3 Å². The van der Waals surface area contributed by atoms with Gasteiger partial charge in [-0.1, -0.05) is 6.92 Å². The van der Waals surface area contributed by atoms with Crippen LogP contribution in [-0.4, -0.2) is 25.5 Å². The summed E-state index contributed by atoms with van der Waals surface area (Å²) in [6, 6.07) is 2.12. The zero-order valence-corrected chi connectivity index (χ0v) is 14.3. The van der Waals surface area contributed by atoms with Crippen LogP contribution < -0.4 is 10.6 Å². The number of piperidine rings is 1. The lowest BCUT2D eigenvalue weighted by Crippen LogP contribution is -2.42. The van der Waals surface area contributed by atoms with E-state index in [1.807, 2.05) is 0 Å². The lowest BCUT2D eigenvalue weighted by atomic mass is 9.81. The lowest BCUT2D eigenvalue weighted by Gasteiger charge is -2.34. The van der Waals surface area contributed by atoms with Crippen molar-refractivity contribution in [1.29, 1.82) is 0 Å². The summed E-state index contributed by atoms with van der Waals surface area (Å²) >= 11 is 1.70. The van der Waals surface area contributed by atoms with Crippen molar-refractivity contribution in [3.63, 3.8) is 0 Å². The zero-order chi connectivity index (χ0) is 14.0. The number of halogens is 1. The molecule has 1 aliphatic heterocycles. The van der Waals surface area contributed by atoms with Gasteiger partial charge in [-0.3, -0.25) is 4.79 Å². The number of aryl methyl sites for hydroxylation is 2. The topological polar surface area (TPSA) is 41.1 Å². The van der Waals surface area contributed by atoms with E-state index in [-0.39, 0.29) is 23.7 Å². The molecule has 3 rings (SSSR count). The van der Waals surface area contributed by atoms with Crippen LogP contribution in [0.2, 0.25) is 0 Å². The highest BCUT2D eigenvalue weighted by atomic mass is 35.5. The van der Waals surface area contributed by atoms with Crippen LogP contribution in [0, 0.1) is 5.41 Å². The highest BCUT2D eigenvalue weighted by Crippen LogP contribution is 2.30. The van der Waals surface area contributed by atoms with Crippen LogP contribution in [0.3, 0.4) is 0 Å². The minimum atomic E-state index is 0. The Kier molecular flexibility index (Phi) is 5.69. The molecule has 21 heavy (non-hydrogen) atoms. The van der Waals surface area contributed by atoms with Gasteiger partial charge in [-0.05, 0) is 68.7 Å². The Morgan fingerprint density at radius 1 is 1.33 bits per heavy atom. The van der Waals surface area contributed by atoms with Gasteiger partial charge in [0.05, 0.1) is 4.88 Å². The first-order chi connectivity index (χ1) is 9.66. The van der Waals surface area contributed by atoms with Gasteiger partial charge in [-0.15, -0.1) is 23.7 Å². The Morgan fingerprint density at radius 3 is 2.76 bits per heavy atom. The van der Waals surface area contributed by atoms with Crippen LogP contribution in [0.25, 0.3) is 0 Å². The molecule has 0 radical (unpaired) electrons. The molecular weight excluding hydrogens is 304 g/mol. The number of rotatable bonds is 3.